The van der Waals surface area contributed by atoms with Crippen LogP contribution in [0.1, 0.15) is 65.0 Å². The first-order valence-corrected chi connectivity index (χ1v) is 19.2. The number of carbonyl (C=O) groups is 1. The zero-order chi connectivity index (χ0) is 32.5. The molecule has 4 aromatic carbocycles. The summed E-state index contributed by atoms with van der Waals surface area (Å²) < 4.78 is 13.2. The van der Waals surface area contributed by atoms with Crippen molar-refractivity contribution in [1.29, 1.82) is 0 Å². The molecule has 1 amide bonds. The van der Waals surface area contributed by atoms with E-state index in [4.69, 9.17) is 14.9 Å². The average molecular weight is 623 g/mol. The van der Waals surface area contributed by atoms with Gasteiger partial charge in [-0.3, -0.25) is 9.69 Å². The van der Waals surface area contributed by atoms with Gasteiger partial charge in [0.25, 0.3) is 0 Å². The maximum absolute atomic E-state index is 13.3. The quantitative estimate of drug-likeness (QED) is 0.170. The van der Waals surface area contributed by atoms with E-state index in [0.717, 1.165) is 53.9 Å². The van der Waals surface area contributed by atoms with E-state index in [-0.39, 0.29) is 22.6 Å². The van der Waals surface area contributed by atoms with E-state index >= 15 is 0 Å². The highest BCUT2D eigenvalue weighted by Gasteiger charge is 2.43. The number of hydrogen-bond acceptors (Lipinski definition) is 4. The standard InChI is InChI=1S/C39H50N2O3Si/c1-37(2,3)45(6,7)44-34-21-19-29-18-20-33(26-30(29)27-34)43-35-22-25-41(28-35)38(4,5)23-24-39(36(40)42,31-14-10-8-11-15-31)32-16-12-9-13-17-32/h8-21,26-27,35H,22-25,28H2,1-7H3,(H2,40,42)/t35-/m0/s1. The Morgan fingerprint density at radius 2 is 1.36 bits per heavy atom. The van der Waals surface area contributed by atoms with Gasteiger partial charge in [0.15, 0.2) is 0 Å². The zero-order valence-electron chi connectivity index (χ0n) is 28.1. The summed E-state index contributed by atoms with van der Waals surface area (Å²) in [6.45, 7) is 17.7. The number of ether oxygens (including phenoxy) is 1. The Hall–Kier alpha value is -3.61. The zero-order valence-corrected chi connectivity index (χ0v) is 29.1. The van der Waals surface area contributed by atoms with Crippen molar-refractivity contribution in [1.82, 2.24) is 4.90 Å². The van der Waals surface area contributed by atoms with Crippen LogP contribution in [0, 0.1) is 0 Å². The molecule has 1 aliphatic rings. The van der Waals surface area contributed by atoms with Crippen LogP contribution in [0.5, 0.6) is 11.5 Å². The minimum absolute atomic E-state index is 0.0949. The van der Waals surface area contributed by atoms with E-state index in [1.165, 1.54) is 5.39 Å². The SMILES string of the molecule is CC(C)(CCC(C(N)=O)(c1ccccc1)c1ccccc1)N1CC[C@H](Oc2ccc3ccc(O[Si](C)(C)C(C)(C)C)cc3c2)C1. The molecule has 0 aromatic heterocycles. The fourth-order valence-electron chi connectivity index (χ4n) is 6.31. The first-order valence-electron chi connectivity index (χ1n) is 16.3. The molecule has 0 aliphatic carbocycles. The number of rotatable bonds is 11. The molecule has 4 aromatic rings. The molecule has 5 rings (SSSR count). The van der Waals surface area contributed by atoms with Crippen molar-refractivity contribution in [3.05, 3.63) is 108 Å². The first kappa shape index (κ1) is 32.8. The number of fused-ring (bicyclic) bond motifs is 1. The number of primary amides is 1. The third kappa shape index (κ3) is 6.97. The Morgan fingerprint density at radius 1 is 0.800 bits per heavy atom. The summed E-state index contributed by atoms with van der Waals surface area (Å²) in [6.07, 6.45) is 2.47. The van der Waals surface area contributed by atoms with Crippen molar-refractivity contribution < 1.29 is 14.0 Å². The molecule has 1 heterocycles. The van der Waals surface area contributed by atoms with E-state index < -0.39 is 13.7 Å². The van der Waals surface area contributed by atoms with E-state index in [2.05, 4.69) is 89.0 Å². The number of nitrogens with zero attached hydrogens (tertiary/aromatic N) is 1. The molecule has 1 fully saturated rings. The van der Waals surface area contributed by atoms with Crippen LogP contribution >= 0.6 is 0 Å². The number of carbonyl (C=O) groups excluding carboxylic acids is 1. The van der Waals surface area contributed by atoms with Crippen LogP contribution in [0.15, 0.2) is 97.1 Å². The van der Waals surface area contributed by atoms with Crippen molar-refractivity contribution in [2.24, 2.45) is 5.73 Å². The van der Waals surface area contributed by atoms with Crippen molar-refractivity contribution >= 4 is 25.0 Å². The summed E-state index contributed by atoms with van der Waals surface area (Å²) in [5, 5.41) is 2.44. The summed E-state index contributed by atoms with van der Waals surface area (Å²) in [4.78, 5) is 15.8. The molecule has 1 atom stereocenters. The lowest BCUT2D eigenvalue weighted by Gasteiger charge is -2.40. The Labute approximate surface area is 270 Å². The van der Waals surface area contributed by atoms with Crippen LogP contribution in [0.4, 0.5) is 0 Å². The third-order valence-corrected chi connectivity index (χ3v) is 14.7. The predicted molar refractivity (Wildman–Crippen MR) is 189 cm³/mol. The molecule has 0 radical (unpaired) electrons. The maximum Gasteiger partial charge on any atom is 0.250 e. The molecular weight excluding hydrogens is 573 g/mol. The fourth-order valence-corrected chi connectivity index (χ4v) is 7.34. The van der Waals surface area contributed by atoms with Crippen LogP contribution in [0.25, 0.3) is 10.8 Å². The number of likely N-dealkylation sites (tertiary alicyclic amines) is 1. The van der Waals surface area contributed by atoms with Gasteiger partial charge in [-0.2, -0.15) is 0 Å². The smallest absolute Gasteiger partial charge is 0.250 e. The number of nitrogens with two attached hydrogens (primary N) is 1. The largest absolute Gasteiger partial charge is 0.543 e. The van der Waals surface area contributed by atoms with E-state index in [9.17, 15) is 4.79 Å². The van der Waals surface area contributed by atoms with E-state index in [1.54, 1.807) is 0 Å². The van der Waals surface area contributed by atoms with E-state index in [1.807, 2.05) is 60.7 Å². The average Bonchev–Trinajstić information content (AvgIpc) is 3.47. The summed E-state index contributed by atoms with van der Waals surface area (Å²) in [7, 11) is -1.93. The fraction of sp³-hybridized carbons (Fsp3) is 0.410. The van der Waals surface area contributed by atoms with Crippen LogP contribution < -0.4 is 14.9 Å². The van der Waals surface area contributed by atoms with Crippen LogP contribution in [0.3, 0.4) is 0 Å². The summed E-state index contributed by atoms with van der Waals surface area (Å²) in [6, 6.07) is 32.7. The van der Waals surface area contributed by atoms with Gasteiger partial charge in [-0.1, -0.05) is 93.6 Å². The Kier molecular flexibility index (Phi) is 9.21. The molecule has 45 heavy (non-hydrogen) atoms. The van der Waals surface area contributed by atoms with Crippen molar-refractivity contribution in [3.63, 3.8) is 0 Å². The molecular formula is C39H50N2O3Si. The van der Waals surface area contributed by atoms with Crippen molar-refractivity contribution in [2.45, 2.75) is 89.1 Å². The second-order valence-electron chi connectivity index (χ2n) is 14.8. The number of benzene rings is 4. The maximum atomic E-state index is 13.3. The number of amides is 1. The van der Waals surface area contributed by atoms with Crippen molar-refractivity contribution in [3.8, 4) is 11.5 Å². The minimum atomic E-state index is -1.93. The molecule has 6 heteroatoms. The molecule has 5 nitrogen and oxygen atoms in total. The van der Waals surface area contributed by atoms with Crippen molar-refractivity contribution in [2.75, 3.05) is 13.1 Å². The Balaban J connectivity index is 1.29. The lowest BCUT2D eigenvalue weighted by Crippen LogP contribution is -2.47. The normalized spacial score (nSPS) is 16.6. The predicted octanol–water partition coefficient (Wildman–Crippen LogP) is 8.71. The molecule has 1 saturated heterocycles. The number of hydrogen-bond donors (Lipinski definition) is 1. The van der Waals surface area contributed by atoms with Gasteiger partial charge in [0.2, 0.25) is 14.2 Å². The van der Waals surface area contributed by atoms with Gasteiger partial charge in [-0.25, -0.2) is 0 Å². The monoisotopic (exact) mass is 622 g/mol. The summed E-state index contributed by atoms with van der Waals surface area (Å²) in [5.41, 5.74) is 7.08. The lowest BCUT2D eigenvalue weighted by atomic mass is 9.69. The molecule has 0 bridgehead atoms. The van der Waals surface area contributed by atoms with Gasteiger partial charge in [0.05, 0.1) is 5.41 Å². The van der Waals surface area contributed by atoms with Gasteiger partial charge < -0.3 is 14.9 Å². The van der Waals surface area contributed by atoms with Gasteiger partial charge in [0, 0.05) is 18.6 Å². The van der Waals surface area contributed by atoms with Crippen LogP contribution in [0.2, 0.25) is 18.1 Å². The van der Waals surface area contributed by atoms with Crippen LogP contribution in [-0.2, 0) is 10.2 Å². The first-order chi connectivity index (χ1) is 21.2. The highest BCUT2D eigenvalue weighted by atomic mass is 28.4. The Bertz CT molecular complexity index is 1570. The molecule has 0 unspecified atom stereocenters. The second kappa shape index (κ2) is 12.6. The summed E-state index contributed by atoms with van der Waals surface area (Å²) >= 11 is 0. The van der Waals surface area contributed by atoms with Gasteiger partial charge in [0.1, 0.15) is 17.6 Å². The third-order valence-electron chi connectivity index (χ3n) is 10.3. The van der Waals surface area contributed by atoms with Gasteiger partial charge in [-0.05, 0) is 97.4 Å². The minimum Gasteiger partial charge on any atom is -0.543 e. The Morgan fingerprint density at radius 3 is 1.91 bits per heavy atom. The van der Waals surface area contributed by atoms with Gasteiger partial charge in [-0.15, -0.1) is 0 Å². The topological polar surface area (TPSA) is 64.8 Å². The van der Waals surface area contributed by atoms with E-state index in [0.29, 0.717) is 6.42 Å². The lowest BCUT2D eigenvalue weighted by molar-refractivity contribution is -0.122. The van der Waals surface area contributed by atoms with Gasteiger partial charge >= 0.3 is 0 Å². The van der Waals surface area contributed by atoms with Crippen LogP contribution in [-0.4, -0.2) is 43.9 Å². The molecule has 1 aliphatic heterocycles. The second-order valence-corrected chi connectivity index (χ2v) is 19.5. The molecule has 2 N–H and O–H groups in total. The molecule has 238 valence electrons. The molecule has 0 saturated carbocycles. The highest BCUT2D eigenvalue weighted by molar-refractivity contribution is 6.74. The highest BCUT2D eigenvalue weighted by Crippen LogP contribution is 2.41. The summed E-state index contributed by atoms with van der Waals surface area (Å²) in [5.74, 6) is 1.50. The molecule has 0 spiro atoms.